The number of aromatic nitrogens is 1. The van der Waals surface area contributed by atoms with Crippen LogP contribution in [0.2, 0.25) is 0 Å². The fourth-order valence-electron chi connectivity index (χ4n) is 3.43. The van der Waals surface area contributed by atoms with E-state index < -0.39 is 15.9 Å². The van der Waals surface area contributed by atoms with Crippen LogP contribution in [-0.4, -0.2) is 43.5 Å². The highest BCUT2D eigenvalue weighted by molar-refractivity contribution is 7.89. The number of benzene rings is 1. The van der Waals surface area contributed by atoms with Gasteiger partial charge < -0.3 is 14.6 Å². The summed E-state index contributed by atoms with van der Waals surface area (Å²) in [6.45, 7) is 6.02. The Kier molecular flexibility index (Phi) is 6.04. The predicted octanol–water partition coefficient (Wildman–Crippen LogP) is 2.73. The first-order valence-electron chi connectivity index (χ1n) is 9.30. The van der Waals surface area contributed by atoms with Crippen molar-refractivity contribution in [2.75, 3.05) is 25.0 Å². The standard InChI is InChI=1S/C19H25N3O5S/c1-4-26-17-10-6-5-9-16(17)20-19(23)15-8-7-11-22(12-15)28(24,25)18-13(2)21-27-14(18)3/h5-6,9-10,15H,4,7-8,11-12H2,1-3H3,(H,20,23). The van der Waals surface area contributed by atoms with Gasteiger partial charge >= 0.3 is 0 Å². The number of anilines is 1. The zero-order chi connectivity index (χ0) is 20.3. The number of amides is 1. The summed E-state index contributed by atoms with van der Waals surface area (Å²) in [5.41, 5.74) is 0.912. The van der Waals surface area contributed by atoms with E-state index in [0.29, 0.717) is 43.1 Å². The summed E-state index contributed by atoms with van der Waals surface area (Å²) in [7, 11) is -3.76. The zero-order valence-electron chi connectivity index (χ0n) is 16.3. The lowest BCUT2D eigenvalue weighted by molar-refractivity contribution is -0.120. The quantitative estimate of drug-likeness (QED) is 0.790. The number of aryl methyl sites for hydroxylation is 2. The number of carbonyl (C=O) groups is 1. The first kappa shape index (κ1) is 20.3. The number of nitrogens with zero attached hydrogens (tertiary/aromatic N) is 2. The maximum Gasteiger partial charge on any atom is 0.248 e. The van der Waals surface area contributed by atoms with Gasteiger partial charge in [-0.3, -0.25) is 4.79 Å². The fourth-order valence-corrected chi connectivity index (χ4v) is 5.25. The summed E-state index contributed by atoms with van der Waals surface area (Å²) in [6, 6.07) is 7.20. The highest BCUT2D eigenvalue weighted by Gasteiger charge is 2.36. The maximum atomic E-state index is 13.0. The van der Waals surface area contributed by atoms with Crippen molar-refractivity contribution in [2.45, 2.75) is 38.5 Å². The van der Waals surface area contributed by atoms with Crippen LogP contribution in [0, 0.1) is 19.8 Å². The average Bonchev–Trinajstić information content (AvgIpc) is 3.02. The lowest BCUT2D eigenvalue weighted by atomic mass is 9.98. The molecule has 2 aromatic rings. The van der Waals surface area contributed by atoms with Crippen molar-refractivity contribution in [3.8, 4) is 5.75 Å². The first-order chi connectivity index (χ1) is 13.3. The summed E-state index contributed by atoms with van der Waals surface area (Å²) in [5.74, 6) is 0.188. The molecule has 2 heterocycles. The third kappa shape index (κ3) is 4.05. The number of carbonyl (C=O) groups excluding carboxylic acids is 1. The van der Waals surface area contributed by atoms with E-state index in [1.54, 1.807) is 26.0 Å². The largest absolute Gasteiger partial charge is 0.492 e. The van der Waals surface area contributed by atoms with Gasteiger partial charge in [0.25, 0.3) is 0 Å². The molecule has 1 aromatic heterocycles. The first-order valence-corrected chi connectivity index (χ1v) is 10.7. The summed E-state index contributed by atoms with van der Waals surface area (Å²) in [6.07, 6.45) is 1.23. The number of hydrogen-bond acceptors (Lipinski definition) is 6. The van der Waals surface area contributed by atoms with Crippen LogP contribution in [0.3, 0.4) is 0 Å². The Bertz CT molecular complexity index is 935. The molecule has 0 radical (unpaired) electrons. The summed E-state index contributed by atoms with van der Waals surface area (Å²) < 4.78 is 38.0. The van der Waals surface area contributed by atoms with Gasteiger partial charge in [0.2, 0.25) is 15.9 Å². The lowest BCUT2D eigenvalue weighted by Gasteiger charge is -2.31. The molecule has 0 saturated carbocycles. The van der Waals surface area contributed by atoms with Crippen molar-refractivity contribution in [2.24, 2.45) is 5.92 Å². The monoisotopic (exact) mass is 407 g/mol. The molecule has 0 aliphatic carbocycles. The summed E-state index contributed by atoms with van der Waals surface area (Å²) in [5, 5.41) is 6.62. The van der Waals surface area contributed by atoms with E-state index >= 15 is 0 Å². The second-order valence-electron chi connectivity index (χ2n) is 6.77. The molecular weight excluding hydrogens is 382 g/mol. The average molecular weight is 407 g/mol. The van der Waals surface area contributed by atoms with Gasteiger partial charge in [0.1, 0.15) is 16.3 Å². The molecule has 1 fully saturated rings. The molecule has 1 aromatic carbocycles. The van der Waals surface area contributed by atoms with Crippen LogP contribution in [0.1, 0.15) is 31.2 Å². The van der Waals surface area contributed by atoms with E-state index in [1.807, 2.05) is 19.1 Å². The van der Waals surface area contributed by atoms with Crippen LogP contribution in [0.15, 0.2) is 33.7 Å². The number of ether oxygens (including phenoxy) is 1. The molecule has 1 amide bonds. The SMILES string of the molecule is CCOc1ccccc1NC(=O)C1CCCN(S(=O)(=O)c2c(C)noc2C)C1. The predicted molar refractivity (Wildman–Crippen MR) is 104 cm³/mol. The van der Waals surface area contributed by atoms with Gasteiger partial charge in [-0.25, -0.2) is 8.42 Å². The molecule has 152 valence electrons. The molecule has 1 N–H and O–H groups in total. The minimum atomic E-state index is -3.76. The van der Waals surface area contributed by atoms with Gasteiger partial charge in [-0.2, -0.15) is 4.31 Å². The van der Waals surface area contributed by atoms with Crippen LogP contribution in [0.4, 0.5) is 5.69 Å². The van der Waals surface area contributed by atoms with E-state index in [1.165, 1.54) is 4.31 Å². The van der Waals surface area contributed by atoms with Gasteiger partial charge in [0, 0.05) is 13.1 Å². The molecule has 0 bridgehead atoms. The normalized spacial score (nSPS) is 18.0. The van der Waals surface area contributed by atoms with E-state index in [0.717, 1.165) is 0 Å². The molecule has 1 unspecified atom stereocenters. The van der Waals surface area contributed by atoms with E-state index in [2.05, 4.69) is 10.5 Å². The van der Waals surface area contributed by atoms with Gasteiger partial charge in [0.15, 0.2) is 5.76 Å². The minimum absolute atomic E-state index is 0.0928. The second kappa shape index (κ2) is 8.32. The topological polar surface area (TPSA) is 102 Å². The highest BCUT2D eigenvalue weighted by atomic mass is 32.2. The molecule has 1 saturated heterocycles. The van der Waals surface area contributed by atoms with E-state index in [-0.39, 0.29) is 23.1 Å². The molecular formula is C19H25N3O5S. The molecule has 0 spiro atoms. The molecule has 1 aliphatic heterocycles. The van der Waals surface area contributed by atoms with Crippen molar-refractivity contribution in [3.05, 3.63) is 35.7 Å². The molecule has 3 rings (SSSR count). The third-order valence-corrected chi connectivity index (χ3v) is 6.88. The van der Waals surface area contributed by atoms with Crippen LogP contribution < -0.4 is 10.1 Å². The number of nitrogens with one attached hydrogen (secondary N) is 1. The summed E-state index contributed by atoms with van der Waals surface area (Å²) in [4.78, 5) is 12.9. The third-order valence-electron chi connectivity index (χ3n) is 4.77. The molecule has 1 aliphatic rings. The Morgan fingerprint density at radius 2 is 2.11 bits per heavy atom. The van der Waals surface area contributed by atoms with Crippen molar-refractivity contribution in [1.82, 2.24) is 9.46 Å². The van der Waals surface area contributed by atoms with Crippen molar-refractivity contribution < 1.29 is 22.5 Å². The fraction of sp³-hybridized carbons (Fsp3) is 0.474. The second-order valence-corrected chi connectivity index (χ2v) is 8.65. The molecule has 9 heteroatoms. The number of rotatable bonds is 6. The zero-order valence-corrected chi connectivity index (χ0v) is 17.1. The van der Waals surface area contributed by atoms with Gasteiger partial charge in [0.05, 0.1) is 18.2 Å². The molecule has 8 nitrogen and oxygen atoms in total. The Morgan fingerprint density at radius 1 is 1.36 bits per heavy atom. The lowest BCUT2D eigenvalue weighted by Crippen LogP contribution is -2.43. The highest BCUT2D eigenvalue weighted by Crippen LogP contribution is 2.29. The van der Waals surface area contributed by atoms with Gasteiger partial charge in [-0.1, -0.05) is 17.3 Å². The van der Waals surface area contributed by atoms with Crippen LogP contribution >= 0.6 is 0 Å². The Hall–Kier alpha value is -2.39. The Balaban J connectivity index is 1.76. The van der Waals surface area contributed by atoms with E-state index in [9.17, 15) is 13.2 Å². The van der Waals surface area contributed by atoms with Crippen molar-refractivity contribution in [1.29, 1.82) is 0 Å². The number of piperidine rings is 1. The van der Waals surface area contributed by atoms with Crippen molar-refractivity contribution in [3.63, 3.8) is 0 Å². The smallest absolute Gasteiger partial charge is 0.248 e. The molecule has 1 atom stereocenters. The Morgan fingerprint density at radius 3 is 2.79 bits per heavy atom. The van der Waals surface area contributed by atoms with Crippen LogP contribution in [0.5, 0.6) is 5.75 Å². The van der Waals surface area contributed by atoms with Crippen LogP contribution in [-0.2, 0) is 14.8 Å². The Labute approximate surface area is 164 Å². The number of hydrogen-bond donors (Lipinski definition) is 1. The summed E-state index contributed by atoms with van der Waals surface area (Å²) >= 11 is 0. The maximum absolute atomic E-state index is 13.0. The van der Waals surface area contributed by atoms with E-state index in [4.69, 9.17) is 9.26 Å². The minimum Gasteiger partial charge on any atom is -0.492 e. The van der Waals surface area contributed by atoms with Crippen molar-refractivity contribution >= 4 is 21.6 Å². The molecule has 28 heavy (non-hydrogen) atoms. The van der Waals surface area contributed by atoms with Gasteiger partial charge in [-0.05, 0) is 45.7 Å². The van der Waals surface area contributed by atoms with Gasteiger partial charge in [-0.15, -0.1) is 0 Å². The number of para-hydroxylation sites is 2. The van der Waals surface area contributed by atoms with Crippen LogP contribution in [0.25, 0.3) is 0 Å². The number of sulfonamides is 1.